The lowest BCUT2D eigenvalue weighted by atomic mass is 9.73. The van der Waals surface area contributed by atoms with E-state index in [-0.39, 0.29) is 18.1 Å². The molecule has 4 aromatic rings. The van der Waals surface area contributed by atoms with E-state index >= 15 is 0 Å². The van der Waals surface area contributed by atoms with E-state index in [0.29, 0.717) is 54.6 Å². The standard InChI is InChI=1S/C32H31NO6/c1-21-17-26(29-22(2)25(30(35)39-27(29)18-21)19-23-9-5-3-6-10-23)38-20-28(34)33-15-13-32(14-16-33,31(36)37)24-11-7-4-8-12-24/h3-12,17-18H,13-16,19-20H2,1-2H3,(H,36,37). The summed E-state index contributed by atoms with van der Waals surface area (Å²) in [7, 11) is 0. The number of nitrogens with zero attached hydrogens (tertiary/aromatic N) is 1. The molecule has 0 atom stereocenters. The Morgan fingerprint density at radius 2 is 1.62 bits per heavy atom. The third-order valence-corrected chi connectivity index (χ3v) is 7.77. The molecule has 1 N–H and O–H groups in total. The fraction of sp³-hybridized carbons (Fsp3) is 0.281. The molecule has 1 aliphatic rings. The second-order valence-corrected chi connectivity index (χ2v) is 10.2. The van der Waals surface area contributed by atoms with Crippen LogP contribution in [0.15, 0.2) is 82.0 Å². The molecule has 200 valence electrons. The van der Waals surface area contributed by atoms with E-state index in [0.717, 1.165) is 22.3 Å². The molecule has 0 spiro atoms. The van der Waals surface area contributed by atoms with E-state index in [1.54, 1.807) is 11.0 Å². The van der Waals surface area contributed by atoms with Gasteiger partial charge in [0.25, 0.3) is 5.91 Å². The van der Waals surface area contributed by atoms with Gasteiger partial charge >= 0.3 is 11.6 Å². The number of carbonyl (C=O) groups excluding carboxylic acids is 1. The highest BCUT2D eigenvalue weighted by Gasteiger charge is 2.43. The van der Waals surface area contributed by atoms with Crippen molar-refractivity contribution in [3.8, 4) is 5.75 Å². The van der Waals surface area contributed by atoms with E-state index in [2.05, 4.69) is 0 Å². The number of aliphatic carboxylic acids is 1. The molecule has 7 heteroatoms. The van der Waals surface area contributed by atoms with Crippen molar-refractivity contribution in [2.45, 2.75) is 38.5 Å². The van der Waals surface area contributed by atoms with Crippen LogP contribution in [0.4, 0.5) is 0 Å². The van der Waals surface area contributed by atoms with Gasteiger partial charge in [0.1, 0.15) is 11.3 Å². The zero-order valence-corrected chi connectivity index (χ0v) is 22.1. The van der Waals surface area contributed by atoms with Crippen molar-refractivity contribution in [2.75, 3.05) is 19.7 Å². The van der Waals surface area contributed by atoms with Crippen LogP contribution in [0.2, 0.25) is 0 Å². The first-order chi connectivity index (χ1) is 18.8. The predicted molar refractivity (Wildman–Crippen MR) is 148 cm³/mol. The zero-order chi connectivity index (χ0) is 27.6. The van der Waals surface area contributed by atoms with E-state index < -0.39 is 11.4 Å². The topological polar surface area (TPSA) is 97.0 Å². The van der Waals surface area contributed by atoms with Crippen LogP contribution in [0, 0.1) is 13.8 Å². The molecule has 1 fully saturated rings. The van der Waals surface area contributed by atoms with E-state index in [9.17, 15) is 19.5 Å². The molecule has 0 bridgehead atoms. The molecule has 0 saturated carbocycles. The molecule has 0 aliphatic carbocycles. The van der Waals surface area contributed by atoms with Crippen molar-refractivity contribution < 1.29 is 23.8 Å². The average Bonchev–Trinajstić information content (AvgIpc) is 2.94. The number of rotatable bonds is 7. The fourth-order valence-corrected chi connectivity index (χ4v) is 5.51. The van der Waals surface area contributed by atoms with Gasteiger partial charge in [-0.3, -0.25) is 9.59 Å². The van der Waals surface area contributed by atoms with Crippen LogP contribution in [-0.4, -0.2) is 41.6 Å². The number of hydrogen-bond acceptors (Lipinski definition) is 5. The Kier molecular flexibility index (Phi) is 7.24. The van der Waals surface area contributed by atoms with Gasteiger partial charge in [0, 0.05) is 25.1 Å². The Morgan fingerprint density at radius 3 is 2.26 bits per heavy atom. The lowest BCUT2D eigenvalue weighted by molar-refractivity contribution is -0.148. The lowest BCUT2D eigenvalue weighted by Crippen LogP contribution is -2.50. The minimum absolute atomic E-state index is 0.198. The molecule has 7 nitrogen and oxygen atoms in total. The molecule has 39 heavy (non-hydrogen) atoms. The number of ether oxygens (including phenoxy) is 1. The van der Waals surface area contributed by atoms with Crippen molar-refractivity contribution >= 4 is 22.8 Å². The summed E-state index contributed by atoms with van der Waals surface area (Å²) in [4.78, 5) is 39.9. The largest absolute Gasteiger partial charge is 0.483 e. The number of carboxylic acids is 1. The molecule has 2 heterocycles. The molecule has 3 aromatic carbocycles. The second kappa shape index (κ2) is 10.8. The van der Waals surface area contributed by atoms with Crippen molar-refractivity contribution in [2.24, 2.45) is 0 Å². The molecule has 0 radical (unpaired) electrons. The Morgan fingerprint density at radius 1 is 0.974 bits per heavy atom. The smallest absolute Gasteiger partial charge is 0.340 e. The van der Waals surface area contributed by atoms with Gasteiger partial charge < -0.3 is 19.2 Å². The van der Waals surface area contributed by atoms with Crippen LogP contribution in [-0.2, 0) is 21.4 Å². The number of amides is 1. The molecule has 5 rings (SSSR count). The van der Waals surface area contributed by atoms with Crippen LogP contribution in [0.5, 0.6) is 5.75 Å². The minimum atomic E-state index is -1.00. The average molecular weight is 526 g/mol. The number of fused-ring (bicyclic) bond motifs is 1. The van der Waals surface area contributed by atoms with Crippen LogP contribution >= 0.6 is 0 Å². The quantitative estimate of drug-likeness (QED) is 0.340. The summed E-state index contributed by atoms with van der Waals surface area (Å²) in [6.45, 7) is 4.21. The minimum Gasteiger partial charge on any atom is -0.483 e. The van der Waals surface area contributed by atoms with E-state index in [4.69, 9.17) is 9.15 Å². The summed E-state index contributed by atoms with van der Waals surface area (Å²) in [5, 5.41) is 10.7. The van der Waals surface area contributed by atoms with Gasteiger partial charge in [-0.1, -0.05) is 60.7 Å². The normalized spacial score (nSPS) is 14.8. The maximum absolute atomic E-state index is 13.1. The summed E-state index contributed by atoms with van der Waals surface area (Å²) in [5.74, 6) is -0.599. The molecule has 0 unspecified atom stereocenters. The maximum Gasteiger partial charge on any atom is 0.340 e. The van der Waals surface area contributed by atoms with Gasteiger partial charge in [-0.15, -0.1) is 0 Å². The molecule has 1 saturated heterocycles. The number of hydrogen-bond donors (Lipinski definition) is 1. The third kappa shape index (κ3) is 5.17. The Bertz CT molecular complexity index is 1570. The monoisotopic (exact) mass is 525 g/mol. The maximum atomic E-state index is 13.1. The van der Waals surface area contributed by atoms with Crippen molar-refractivity contribution in [1.82, 2.24) is 4.90 Å². The summed E-state index contributed by atoms with van der Waals surface area (Å²) < 4.78 is 11.7. The summed E-state index contributed by atoms with van der Waals surface area (Å²) in [6.07, 6.45) is 1.09. The Labute approximate surface area is 226 Å². The molecular weight excluding hydrogens is 494 g/mol. The van der Waals surface area contributed by atoms with E-state index in [1.807, 2.05) is 80.6 Å². The highest BCUT2D eigenvalue weighted by atomic mass is 16.5. The Hall–Kier alpha value is -4.39. The number of aryl methyl sites for hydroxylation is 2. The van der Waals surface area contributed by atoms with Crippen LogP contribution in [0.1, 0.15) is 40.7 Å². The number of carbonyl (C=O) groups is 2. The number of benzene rings is 3. The highest BCUT2D eigenvalue weighted by molar-refractivity contribution is 5.89. The first kappa shape index (κ1) is 26.2. The van der Waals surface area contributed by atoms with Gasteiger partial charge in [0.05, 0.1) is 10.8 Å². The van der Waals surface area contributed by atoms with Gasteiger partial charge in [-0.25, -0.2) is 4.79 Å². The summed E-state index contributed by atoms with van der Waals surface area (Å²) in [5.41, 5.74) is 2.94. The zero-order valence-electron chi connectivity index (χ0n) is 22.1. The lowest BCUT2D eigenvalue weighted by Gasteiger charge is -2.39. The number of likely N-dealkylation sites (tertiary alicyclic amines) is 1. The third-order valence-electron chi connectivity index (χ3n) is 7.77. The molecule has 1 amide bonds. The van der Waals surface area contributed by atoms with Crippen molar-refractivity contribution in [3.05, 3.63) is 111 Å². The number of piperidine rings is 1. The van der Waals surface area contributed by atoms with Gasteiger partial charge in [0.15, 0.2) is 6.61 Å². The van der Waals surface area contributed by atoms with Crippen LogP contribution < -0.4 is 10.4 Å². The SMILES string of the molecule is Cc1cc(OCC(=O)N2CCC(C(=O)O)(c3ccccc3)CC2)c2c(C)c(Cc3ccccc3)c(=O)oc2c1. The van der Waals surface area contributed by atoms with Gasteiger partial charge in [0.2, 0.25) is 0 Å². The molecule has 1 aromatic heterocycles. The predicted octanol–water partition coefficient (Wildman–Crippen LogP) is 5.02. The Balaban J connectivity index is 1.35. The first-order valence-electron chi connectivity index (χ1n) is 13.1. The van der Waals surface area contributed by atoms with Crippen molar-refractivity contribution in [1.29, 1.82) is 0 Å². The van der Waals surface area contributed by atoms with E-state index in [1.165, 1.54) is 0 Å². The first-order valence-corrected chi connectivity index (χ1v) is 13.1. The van der Waals surface area contributed by atoms with Crippen molar-refractivity contribution in [3.63, 3.8) is 0 Å². The summed E-state index contributed by atoms with van der Waals surface area (Å²) in [6, 6.07) is 22.6. The van der Waals surface area contributed by atoms with Gasteiger partial charge in [-0.2, -0.15) is 0 Å². The highest BCUT2D eigenvalue weighted by Crippen LogP contribution is 2.36. The summed E-state index contributed by atoms with van der Waals surface area (Å²) >= 11 is 0. The van der Waals surface area contributed by atoms with Crippen LogP contribution in [0.3, 0.4) is 0 Å². The molecular formula is C32H31NO6. The molecule has 1 aliphatic heterocycles. The fourth-order valence-electron chi connectivity index (χ4n) is 5.51. The van der Waals surface area contributed by atoms with Gasteiger partial charge in [-0.05, 0) is 61.1 Å². The second-order valence-electron chi connectivity index (χ2n) is 10.2. The van der Waals surface area contributed by atoms with Crippen LogP contribution in [0.25, 0.3) is 11.0 Å². The number of carboxylic acid groups (broad SMARTS) is 1.